The summed E-state index contributed by atoms with van der Waals surface area (Å²) in [5, 5.41) is 4.11. The summed E-state index contributed by atoms with van der Waals surface area (Å²) in [5.41, 5.74) is 3.10. The minimum Gasteiger partial charge on any atom is -0.489 e. The molecule has 0 radical (unpaired) electrons. The van der Waals surface area contributed by atoms with Crippen LogP contribution in [0, 0.1) is 6.92 Å². The number of pyridine rings is 1. The van der Waals surface area contributed by atoms with Gasteiger partial charge in [0.05, 0.1) is 11.3 Å². The maximum atomic E-state index is 12.6. The summed E-state index contributed by atoms with van der Waals surface area (Å²) in [6, 6.07) is 11.4. The molecule has 144 valence electrons. The second-order valence-corrected chi connectivity index (χ2v) is 6.98. The van der Waals surface area contributed by atoms with Gasteiger partial charge in [-0.3, -0.25) is 0 Å². The van der Waals surface area contributed by atoms with Crippen LogP contribution < -0.4 is 15.7 Å². The lowest BCUT2D eigenvalue weighted by Crippen LogP contribution is -2.19. The van der Waals surface area contributed by atoms with E-state index in [1.54, 1.807) is 6.07 Å². The molecule has 0 amide bonds. The van der Waals surface area contributed by atoms with E-state index in [1.165, 1.54) is 0 Å². The molecule has 1 atom stereocenters. The normalized spacial score (nSPS) is 16.4. The van der Waals surface area contributed by atoms with Crippen molar-refractivity contribution >= 4 is 29.0 Å². The smallest absolute Gasteiger partial charge is 0.345 e. The first kappa shape index (κ1) is 18.5. The predicted octanol–water partition coefficient (Wildman–Crippen LogP) is 3.58. The number of aryl methyl sites for hydroxylation is 1. The Labute approximate surface area is 167 Å². The molecular formula is C21H20ClN3O3. The van der Waals surface area contributed by atoms with Gasteiger partial charge in [0.15, 0.2) is 0 Å². The molecule has 1 aliphatic heterocycles. The molecule has 4 heterocycles. The molecule has 6 nitrogen and oxygen atoms in total. The topological polar surface area (TPSA) is 68.8 Å². The quantitative estimate of drug-likeness (QED) is 0.535. The van der Waals surface area contributed by atoms with Crippen LogP contribution in [0.2, 0.25) is 0 Å². The van der Waals surface area contributed by atoms with Crippen LogP contribution in [0.5, 0.6) is 5.75 Å². The number of nitrogens with zero attached hydrogens (tertiary/aromatic N) is 2. The van der Waals surface area contributed by atoms with Gasteiger partial charge in [0.25, 0.3) is 0 Å². The maximum Gasteiger partial charge on any atom is 0.345 e. The highest BCUT2D eigenvalue weighted by Crippen LogP contribution is 2.25. The molecule has 28 heavy (non-hydrogen) atoms. The van der Waals surface area contributed by atoms with Crippen LogP contribution >= 0.6 is 12.4 Å². The van der Waals surface area contributed by atoms with Crippen molar-refractivity contribution in [1.82, 2.24) is 14.7 Å². The van der Waals surface area contributed by atoms with E-state index in [0.717, 1.165) is 41.9 Å². The largest absolute Gasteiger partial charge is 0.489 e. The second kappa shape index (κ2) is 7.30. The standard InChI is InChI=1S/C21H19N3O3.ClH/c1-13-2-5-20-23-18(12-24(20)11-13)17-8-14-3-4-15(9-19(14)27-21(17)25)26-16-6-7-22-10-16;/h2-5,8-9,11-12,16,22H,6-7,10H2,1H3;1H/t16-;/m1./s1. The fourth-order valence-corrected chi connectivity index (χ4v) is 3.50. The number of ether oxygens (including phenoxy) is 1. The first-order valence-electron chi connectivity index (χ1n) is 9.07. The minimum atomic E-state index is -0.401. The number of rotatable bonds is 3. The second-order valence-electron chi connectivity index (χ2n) is 6.98. The van der Waals surface area contributed by atoms with Crippen LogP contribution in [-0.2, 0) is 0 Å². The number of imidazole rings is 1. The Morgan fingerprint density at radius 3 is 2.93 bits per heavy atom. The predicted molar refractivity (Wildman–Crippen MR) is 111 cm³/mol. The first-order chi connectivity index (χ1) is 13.2. The van der Waals surface area contributed by atoms with Crippen molar-refractivity contribution in [2.24, 2.45) is 0 Å². The molecule has 3 aromatic heterocycles. The third-order valence-electron chi connectivity index (χ3n) is 4.90. The molecule has 0 unspecified atom stereocenters. The number of halogens is 1. The van der Waals surface area contributed by atoms with Gasteiger partial charge in [-0.1, -0.05) is 6.07 Å². The Bertz CT molecular complexity index is 1210. The number of nitrogens with one attached hydrogen (secondary N) is 1. The van der Waals surface area contributed by atoms with Crippen molar-refractivity contribution in [3.8, 4) is 17.0 Å². The summed E-state index contributed by atoms with van der Waals surface area (Å²) >= 11 is 0. The molecule has 1 N–H and O–H groups in total. The van der Waals surface area contributed by atoms with E-state index in [9.17, 15) is 4.79 Å². The SMILES string of the molecule is Cc1ccc2nc(-c3cc4ccc(O[C@@H]5CCNC5)cc4oc3=O)cn2c1.Cl. The fourth-order valence-electron chi connectivity index (χ4n) is 3.50. The highest BCUT2D eigenvalue weighted by atomic mass is 35.5. The van der Waals surface area contributed by atoms with Crippen molar-refractivity contribution in [3.63, 3.8) is 0 Å². The van der Waals surface area contributed by atoms with Crippen molar-refractivity contribution < 1.29 is 9.15 Å². The fraction of sp³-hybridized carbons (Fsp3) is 0.238. The average molecular weight is 398 g/mol. The maximum absolute atomic E-state index is 12.6. The summed E-state index contributed by atoms with van der Waals surface area (Å²) in [5.74, 6) is 0.718. The molecule has 1 fully saturated rings. The lowest BCUT2D eigenvalue weighted by molar-refractivity contribution is 0.223. The van der Waals surface area contributed by atoms with Gasteiger partial charge < -0.3 is 18.9 Å². The minimum absolute atomic E-state index is 0. The summed E-state index contributed by atoms with van der Waals surface area (Å²) in [6.07, 6.45) is 4.98. The van der Waals surface area contributed by atoms with Gasteiger partial charge in [-0.15, -0.1) is 12.4 Å². The number of aromatic nitrogens is 2. The number of hydrogen-bond acceptors (Lipinski definition) is 5. The lowest BCUT2D eigenvalue weighted by Gasteiger charge is -2.12. The Balaban J connectivity index is 0.00000192. The molecule has 0 bridgehead atoms. The summed E-state index contributed by atoms with van der Waals surface area (Å²) in [7, 11) is 0. The average Bonchev–Trinajstić information content (AvgIpc) is 3.30. The summed E-state index contributed by atoms with van der Waals surface area (Å²) < 4.78 is 13.4. The molecule has 0 saturated carbocycles. The van der Waals surface area contributed by atoms with Crippen molar-refractivity contribution in [3.05, 3.63) is 64.8 Å². The van der Waals surface area contributed by atoms with Crippen LogP contribution in [0.4, 0.5) is 0 Å². The van der Waals surface area contributed by atoms with Crippen LogP contribution in [0.1, 0.15) is 12.0 Å². The van der Waals surface area contributed by atoms with Gasteiger partial charge in [0, 0.05) is 30.4 Å². The Morgan fingerprint density at radius 2 is 2.11 bits per heavy atom. The van der Waals surface area contributed by atoms with E-state index in [-0.39, 0.29) is 18.5 Å². The van der Waals surface area contributed by atoms with E-state index in [0.29, 0.717) is 16.8 Å². The molecule has 7 heteroatoms. The van der Waals surface area contributed by atoms with Crippen LogP contribution in [-0.4, -0.2) is 28.6 Å². The van der Waals surface area contributed by atoms with Gasteiger partial charge in [-0.2, -0.15) is 0 Å². The Kier molecular flexibility index (Phi) is 4.83. The van der Waals surface area contributed by atoms with Crippen LogP contribution in [0.25, 0.3) is 27.9 Å². The van der Waals surface area contributed by atoms with E-state index < -0.39 is 5.63 Å². The Morgan fingerprint density at radius 1 is 1.21 bits per heavy atom. The van der Waals surface area contributed by atoms with Crippen LogP contribution in [0.3, 0.4) is 0 Å². The highest BCUT2D eigenvalue weighted by Gasteiger charge is 2.17. The van der Waals surface area contributed by atoms with Crippen LogP contribution in [0.15, 0.2) is 58.0 Å². The van der Waals surface area contributed by atoms with E-state index in [1.807, 2.05) is 54.0 Å². The van der Waals surface area contributed by atoms with Gasteiger partial charge in [-0.25, -0.2) is 9.78 Å². The third kappa shape index (κ3) is 3.37. The molecule has 4 aromatic rings. The molecule has 0 aliphatic carbocycles. The molecule has 1 aliphatic rings. The van der Waals surface area contributed by atoms with E-state index >= 15 is 0 Å². The van der Waals surface area contributed by atoms with Gasteiger partial charge in [0.1, 0.15) is 23.1 Å². The Hall–Kier alpha value is -2.83. The highest BCUT2D eigenvalue weighted by molar-refractivity contribution is 5.85. The third-order valence-corrected chi connectivity index (χ3v) is 4.90. The number of fused-ring (bicyclic) bond motifs is 2. The first-order valence-corrected chi connectivity index (χ1v) is 9.07. The van der Waals surface area contributed by atoms with Crippen molar-refractivity contribution in [2.75, 3.05) is 13.1 Å². The molecule has 5 rings (SSSR count). The molecule has 1 saturated heterocycles. The zero-order valence-corrected chi connectivity index (χ0v) is 16.2. The zero-order chi connectivity index (χ0) is 18.4. The van der Waals surface area contributed by atoms with Crippen molar-refractivity contribution in [1.29, 1.82) is 0 Å². The molecular weight excluding hydrogens is 378 g/mol. The number of hydrogen-bond donors (Lipinski definition) is 1. The van der Waals surface area contributed by atoms with Crippen molar-refractivity contribution in [2.45, 2.75) is 19.4 Å². The number of benzene rings is 1. The van der Waals surface area contributed by atoms with E-state index in [4.69, 9.17) is 9.15 Å². The van der Waals surface area contributed by atoms with E-state index in [2.05, 4.69) is 10.3 Å². The molecule has 1 aromatic carbocycles. The summed E-state index contributed by atoms with van der Waals surface area (Å²) in [6.45, 7) is 3.83. The zero-order valence-electron chi connectivity index (χ0n) is 15.3. The monoisotopic (exact) mass is 397 g/mol. The van der Waals surface area contributed by atoms with Gasteiger partial charge in [-0.05, 0) is 49.7 Å². The van der Waals surface area contributed by atoms with Gasteiger partial charge in [0.2, 0.25) is 0 Å². The summed E-state index contributed by atoms with van der Waals surface area (Å²) in [4.78, 5) is 17.1. The lowest BCUT2D eigenvalue weighted by atomic mass is 10.1. The van der Waals surface area contributed by atoms with Gasteiger partial charge >= 0.3 is 5.63 Å². The molecule has 0 spiro atoms.